The Morgan fingerprint density at radius 2 is 1.12 bits per heavy atom. The van der Waals surface area contributed by atoms with Crippen molar-refractivity contribution in [1.29, 1.82) is 0 Å². The summed E-state index contributed by atoms with van der Waals surface area (Å²) in [5, 5.41) is 4.45. The number of fused-ring (bicyclic) bond motifs is 2. The molecule has 2 heteroatoms. The van der Waals surface area contributed by atoms with Crippen molar-refractivity contribution in [2.24, 2.45) is 0 Å². The Labute approximate surface area is 194 Å². The third-order valence-corrected chi connectivity index (χ3v) is 6.34. The van der Waals surface area contributed by atoms with Gasteiger partial charge in [-0.05, 0) is 33.5 Å². The Balaban J connectivity index is 1.65. The predicted molar refractivity (Wildman–Crippen MR) is 135 cm³/mol. The van der Waals surface area contributed by atoms with E-state index in [4.69, 9.17) is 4.74 Å². The lowest BCUT2D eigenvalue weighted by Crippen LogP contribution is -2.20. The summed E-state index contributed by atoms with van der Waals surface area (Å²) in [7, 11) is 0. The number of rotatable bonds is 6. The molecule has 2 nitrogen and oxygen atoms in total. The van der Waals surface area contributed by atoms with Crippen molar-refractivity contribution < 1.29 is 9.53 Å². The normalized spacial score (nSPS) is 12.2. The number of esters is 1. The van der Waals surface area contributed by atoms with Gasteiger partial charge in [0.25, 0.3) is 0 Å². The summed E-state index contributed by atoms with van der Waals surface area (Å²) in [5.41, 5.74) is 2.99. The summed E-state index contributed by atoms with van der Waals surface area (Å²) in [6.45, 7) is 2.03. The Hall–Kier alpha value is -3.91. The number of hydrogen-bond acceptors (Lipinski definition) is 2. The summed E-state index contributed by atoms with van der Waals surface area (Å²) in [6.07, 6.45) is 0.174. The van der Waals surface area contributed by atoms with Gasteiger partial charge in [-0.2, -0.15) is 0 Å². The average molecular weight is 431 g/mol. The molecule has 0 spiro atoms. The minimum absolute atomic E-state index is 0.199. The Kier molecular flexibility index (Phi) is 5.91. The second-order valence-electron chi connectivity index (χ2n) is 8.33. The van der Waals surface area contributed by atoms with Crippen molar-refractivity contribution in [2.75, 3.05) is 0 Å². The zero-order valence-electron chi connectivity index (χ0n) is 18.6. The maximum atomic E-state index is 13.6. The zero-order chi connectivity index (χ0) is 22.6. The van der Waals surface area contributed by atoms with Crippen LogP contribution in [0.25, 0.3) is 21.5 Å². The summed E-state index contributed by atoms with van der Waals surface area (Å²) < 4.78 is 6.41. The first kappa shape index (κ1) is 21.0. The molecular formula is C31H26O2. The first-order valence-electron chi connectivity index (χ1n) is 11.5. The van der Waals surface area contributed by atoms with Crippen LogP contribution in [0.1, 0.15) is 42.1 Å². The number of benzene rings is 5. The highest BCUT2D eigenvalue weighted by Gasteiger charge is 2.27. The van der Waals surface area contributed by atoms with E-state index in [-0.39, 0.29) is 11.9 Å². The summed E-state index contributed by atoms with van der Waals surface area (Å²) in [4.78, 5) is 13.6. The van der Waals surface area contributed by atoms with E-state index in [1.54, 1.807) is 0 Å². The molecule has 0 fully saturated rings. The molecule has 5 aromatic carbocycles. The van der Waals surface area contributed by atoms with Crippen LogP contribution in [0.5, 0.6) is 0 Å². The van der Waals surface area contributed by atoms with Crippen LogP contribution in [-0.4, -0.2) is 5.97 Å². The third kappa shape index (κ3) is 4.12. The van der Waals surface area contributed by atoms with Crippen LogP contribution in [-0.2, 0) is 9.53 Å². The Morgan fingerprint density at radius 1 is 0.636 bits per heavy atom. The molecule has 0 aliphatic heterocycles. The SMILES string of the molecule is CCC(C(=O)OC(c1cccc2ccccc12)c1cccc2ccccc12)c1ccccc1. The summed E-state index contributed by atoms with van der Waals surface area (Å²) >= 11 is 0. The quantitative estimate of drug-likeness (QED) is 0.257. The largest absolute Gasteiger partial charge is 0.452 e. The van der Waals surface area contributed by atoms with Crippen LogP contribution < -0.4 is 0 Å². The van der Waals surface area contributed by atoms with Gasteiger partial charge in [-0.25, -0.2) is 0 Å². The molecule has 0 amide bonds. The van der Waals surface area contributed by atoms with Gasteiger partial charge in [0.2, 0.25) is 0 Å². The maximum Gasteiger partial charge on any atom is 0.314 e. The number of carbonyl (C=O) groups is 1. The van der Waals surface area contributed by atoms with Gasteiger partial charge in [0.15, 0.2) is 6.10 Å². The van der Waals surface area contributed by atoms with Crippen molar-refractivity contribution in [3.05, 3.63) is 132 Å². The molecule has 0 heterocycles. The lowest BCUT2D eigenvalue weighted by Gasteiger charge is -2.24. The second kappa shape index (κ2) is 9.30. The van der Waals surface area contributed by atoms with Crippen LogP contribution in [0, 0.1) is 0 Å². The fourth-order valence-corrected chi connectivity index (χ4v) is 4.67. The molecule has 0 saturated heterocycles. The molecule has 0 aliphatic carbocycles. The van der Waals surface area contributed by atoms with E-state index < -0.39 is 6.10 Å². The van der Waals surface area contributed by atoms with E-state index in [1.807, 2.05) is 73.7 Å². The molecule has 33 heavy (non-hydrogen) atoms. The molecule has 0 aromatic heterocycles. The van der Waals surface area contributed by atoms with Crippen LogP contribution in [0.2, 0.25) is 0 Å². The van der Waals surface area contributed by atoms with Gasteiger partial charge in [-0.1, -0.05) is 122 Å². The number of hydrogen-bond donors (Lipinski definition) is 0. The smallest absolute Gasteiger partial charge is 0.314 e. The fraction of sp³-hybridized carbons (Fsp3) is 0.129. The molecule has 0 saturated carbocycles. The Bertz CT molecular complexity index is 1310. The molecule has 162 valence electrons. The van der Waals surface area contributed by atoms with Crippen LogP contribution in [0.3, 0.4) is 0 Å². The molecule has 5 aromatic rings. The van der Waals surface area contributed by atoms with E-state index >= 15 is 0 Å². The van der Waals surface area contributed by atoms with Gasteiger partial charge in [-0.3, -0.25) is 4.79 Å². The van der Waals surface area contributed by atoms with Gasteiger partial charge < -0.3 is 4.74 Å². The minimum atomic E-state index is -0.507. The predicted octanol–water partition coefficient (Wildman–Crippen LogP) is 7.82. The van der Waals surface area contributed by atoms with Gasteiger partial charge >= 0.3 is 5.97 Å². The monoisotopic (exact) mass is 430 g/mol. The van der Waals surface area contributed by atoms with Gasteiger partial charge in [-0.15, -0.1) is 0 Å². The highest BCUT2D eigenvalue weighted by atomic mass is 16.5. The van der Waals surface area contributed by atoms with Gasteiger partial charge in [0.1, 0.15) is 0 Å². The third-order valence-electron chi connectivity index (χ3n) is 6.34. The van der Waals surface area contributed by atoms with Crippen molar-refractivity contribution in [2.45, 2.75) is 25.4 Å². The summed E-state index contributed by atoms with van der Waals surface area (Å²) in [5.74, 6) is -0.506. The minimum Gasteiger partial charge on any atom is -0.452 e. The molecule has 0 bridgehead atoms. The van der Waals surface area contributed by atoms with Crippen molar-refractivity contribution >= 4 is 27.5 Å². The first-order valence-corrected chi connectivity index (χ1v) is 11.5. The molecule has 0 aliphatic rings. The van der Waals surface area contributed by atoms with E-state index in [2.05, 4.69) is 48.5 Å². The lowest BCUT2D eigenvalue weighted by molar-refractivity contribution is -0.149. The second-order valence-corrected chi connectivity index (χ2v) is 8.33. The van der Waals surface area contributed by atoms with Crippen molar-refractivity contribution in [1.82, 2.24) is 0 Å². The molecule has 0 radical (unpaired) electrons. The summed E-state index contributed by atoms with van der Waals surface area (Å²) in [6, 6.07) is 38.9. The molecule has 1 unspecified atom stereocenters. The van der Waals surface area contributed by atoms with E-state index in [0.717, 1.165) is 38.2 Å². The highest BCUT2D eigenvalue weighted by molar-refractivity contribution is 5.90. The van der Waals surface area contributed by atoms with Crippen LogP contribution in [0.4, 0.5) is 0 Å². The van der Waals surface area contributed by atoms with Gasteiger partial charge in [0, 0.05) is 11.1 Å². The lowest BCUT2D eigenvalue weighted by atomic mass is 9.91. The van der Waals surface area contributed by atoms with Crippen LogP contribution >= 0.6 is 0 Å². The van der Waals surface area contributed by atoms with E-state index in [0.29, 0.717) is 6.42 Å². The maximum absolute atomic E-state index is 13.6. The fourth-order valence-electron chi connectivity index (χ4n) is 4.67. The topological polar surface area (TPSA) is 26.3 Å². The van der Waals surface area contributed by atoms with Gasteiger partial charge in [0.05, 0.1) is 5.92 Å². The van der Waals surface area contributed by atoms with Crippen molar-refractivity contribution in [3.63, 3.8) is 0 Å². The standard InChI is InChI=1S/C31H26O2/c1-2-25(22-12-4-3-5-13-22)31(32)33-30(28-20-10-16-23-14-6-8-18-26(23)28)29-21-11-17-24-15-7-9-19-27(24)29/h3-21,25,30H,2H2,1H3. The Morgan fingerprint density at radius 3 is 1.67 bits per heavy atom. The number of carbonyl (C=O) groups excluding carboxylic acids is 1. The average Bonchev–Trinajstić information content (AvgIpc) is 2.88. The molecular weight excluding hydrogens is 404 g/mol. The molecule has 0 N–H and O–H groups in total. The van der Waals surface area contributed by atoms with Crippen molar-refractivity contribution in [3.8, 4) is 0 Å². The molecule has 1 atom stereocenters. The zero-order valence-corrected chi connectivity index (χ0v) is 18.6. The van der Waals surface area contributed by atoms with E-state index in [1.165, 1.54) is 0 Å². The highest BCUT2D eigenvalue weighted by Crippen LogP contribution is 2.37. The van der Waals surface area contributed by atoms with E-state index in [9.17, 15) is 4.79 Å². The molecule has 5 rings (SSSR count). The number of ether oxygens (including phenoxy) is 1. The first-order chi connectivity index (χ1) is 16.3. The van der Waals surface area contributed by atoms with Crippen LogP contribution in [0.15, 0.2) is 115 Å².